The van der Waals surface area contributed by atoms with Crippen LogP contribution in [0.15, 0.2) is 48.5 Å². The highest BCUT2D eigenvalue weighted by atomic mass is 16.6. The zero-order chi connectivity index (χ0) is 19.9. The van der Waals surface area contributed by atoms with Crippen LogP contribution in [0.5, 0.6) is 5.75 Å². The zero-order valence-corrected chi connectivity index (χ0v) is 15.8. The Morgan fingerprint density at radius 1 is 1.07 bits per heavy atom. The molecule has 3 rings (SSSR count). The quantitative estimate of drug-likeness (QED) is 0.610. The number of carbonyl (C=O) groups excluding carboxylic acids is 1. The number of hydrogen-bond donors (Lipinski definition) is 1. The van der Waals surface area contributed by atoms with Crippen LogP contribution in [0.1, 0.15) is 12.5 Å². The van der Waals surface area contributed by atoms with Gasteiger partial charge < -0.3 is 15.0 Å². The number of non-ortho nitro benzene ring substituents is 1. The largest absolute Gasteiger partial charge is 0.494 e. The van der Waals surface area contributed by atoms with Gasteiger partial charge in [0.05, 0.1) is 11.5 Å². The lowest BCUT2D eigenvalue weighted by Gasteiger charge is -2.34. The Hall–Kier alpha value is -3.13. The average Bonchev–Trinajstić information content (AvgIpc) is 2.70. The van der Waals surface area contributed by atoms with Crippen molar-refractivity contribution in [3.8, 4) is 5.75 Å². The van der Waals surface area contributed by atoms with Gasteiger partial charge in [-0.05, 0) is 36.8 Å². The second-order valence-corrected chi connectivity index (χ2v) is 6.57. The number of hydrogen-bond acceptors (Lipinski definition) is 5. The van der Waals surface area contributed by atoms with Crippen molar-refractivity contribution in [2.45, 2.75) is 13.5 Å². The number of urea groups is 1. The number of piperazine rings is 1. The van der Waals surface area contributed by atoms with E-state index < -0.39 is 4.92 Å². The number of ether oxygens (including phenoxy) is 1. The fraction of sp³-hybridized carbons (Fsp3) is 0.350. The highest BCUT2D eigenvalue weighted by molar-refractivity contribution is 5.89. The van der Waals surface area contributed by atoms with Crippen LogP contribution in [0.4, 0.5) is 16.2 Å². The van der Waals surface area contributed by atoms with Crippen molar-refractivity contribution in [1.82, 2.24) is 9.80 Å². The monoisotopic (exact) mass is 384 g/mol. The number of rotatable bonds is 6. The molecule has 8 heteroatoms. The molecule has 1 saturated heterocycles. The standard InChI is InChI=1S/C20H24N4O4/c1-2-28-19-9-3-16(4-10-19)15-22-11-13-23(14-12-22)20(25)21-17-5-7-18(8-6-17)24(26)27/h3-10H,2,11-15H2,1H3,(H,21,25). The molecule has 0 spiro atoms. The second-order valence-electron chi connectivity index (χ2n) is 6.57. The summed E-state index contributed by atoms with van der Waals surface area (Å²) in [4.78, 5) is 26.7. The third-order valence-corrected chi connectivity index (χ3v) is 4.63. The molecule has 1 fully saturated rings. The Balaban J connectivity index is 1.46. The molecule has 1 aliphatic heterocycles. The summed E-state index contributed by atoms with van der Waals surface area (Å²) in [5.74, 6) is 0.874. The van der Waals surface area contributed by atoms with E-state index in [0.717, 1.165) is 25.4 Å². The van der Waals surface area contributed by atoms with Gasteiger partial charge in [-0.15, -0.1) is 0 Å². The Labute approximate surface area is 163 Å². The number of nitro groups is 1. The van der Waals surface area contributed by atoms with Crippen molar-refractivity contribution in [3.63, 3.8) is 0 Å². The van der Waals surface area contributed by atoms with Crippen LogP contribution < -0.4 is 10.1 Å². The maximum Gasteiger partial charge on any atom is 0.321 e. The smallest absolute Gasteiger partial charge is 0.321 e. The van der Waals surface area contributed by atoms with E-state index in [2.05, 4.69) is 22.3 Å². The molecule has 28 heavy (non-hydrogen) atoms. The van der Waals surface area contributed by atoms with Gasteiger partial charge in [-0.1, -0.05) is 12.1 Å². The Bertz CT molecular complexity index is 800. The first kappa shape index (κ1) is 19.6. The van der Waals surface area contributed by atoms with Crippen molar-refractivity contribution in [3.05, 3.63) is 64.2 Å². The minimum atomic E-state index is -0.463. The Morgan fingerprint density at radius 2 is 1.71 bits per heavy atom. The first-order valence-corrected chi connectivity index (χ1v) is 9.29. The van der Waals surface area contributed by atoms with E-state index in [1.165, 1.54) is 29.8 Å². The summed E-state index contributed by atoms with van der Waals surface area (Å²) in [5.41, 5.74) is 1.76. The third-order valence-electron chi connectivity index (χ3n) is 4.63. The summed E-state index contributed by atoms with van der Waals surface area (Å²) >= 11 is 0. The number of nitro benzene ring substituents is 1. The average molecular weight is 384 g/mol. The van der Waals surface area contributed by atoms with Crippen LogP contribution in [0.25, 0.3) is 0 Å². The lowest BCUT2D eigenvalue weighted by Crippen LogP contribution is -2.49. The molecule has 0 unspecified atom stereocenters. The van der Waals surface area contributed by atoms with Gasteiger partial charge in [0, 0.05) is 50.5 Å². The molecule has 0 saturated carbocycles. The van der Waals surface area contributed by atoms with E-state index in [0.29, 0.717) is 25.4 Å². The van der Waals surface area contributed by atoms with E-state index in [4.69, 9.17) is 4.74 Å². The molecule has 2 aromatic rings. The summed E-state index contributed by atoms with van der Waals surface area (Å²) < 4.78 is 5.46. The predicted molar refractivity (Wildman–Crippen MR) is 107 cm³/mol. The minimum Gasteiger partial charge on any atom is -0.494 e. The van der Waals surface area contributed by atoms with Gasteiger partial charge >= 0.3 is 6.03 Å². The lowest BCUT2D eigenvalue weighted by molar-refractivity contribution is -0.384. The molecule has 1 heterocycles. The number of amides is 2. The van der Waals surface area contributed by atoms with E-state index >= 15 is 0 Å². The van der Waals surface area contributed by atoms with Crippen LogP contribution in [0.3, 0.4) is 0 Å². The van der Waals surface area contributed by atoms with Gasteiger partial charge in [-0.2, -0.15) is 0 Å². The van der Waals surface area contributed by atoms with Crippen LogP contribution in [-0.2, 0) is 6.54 Å². The van der Waals surface area contributed by atoms with Crippen molar-refractivity contribution in [2.24, 2.45) is 0 Å². The van der Waals surface area contributed by atoms with Crippen molar-refractivity contribution >= 4 is 17.4 Å². The minimum absolute atomic E-state index is 0.000836. The van der Waals surface area contributed by atoms with E-state index in [9.17, 15) is 14.9 Å². The molecule has 0 aliphatic carbocycles. The Kier molecular flexibility index (Phi) is 6.44. The van der Waals surface area contributed by atoms with Gasteiger partial charge in [0.2, 0.25) is 0 Å². The summed E-state index contributed by atoms with van der Waals surface area (Å²) in [7, 11) is 0. The number of nitrogens with one attached hydrogen (secondary N) is 1. The lowest BCUT2D eigenvalue weighted by atomic mass is 10.2. The molecule has 8 nitrogen and oxygen atoms in total. The van der Waals surface area contributed by atoms with E-state index in [1.807, 2.05) is 19.1 Å². The molecule has 0 atom stereocenters. The fourth-order valence-electron chi connectivity index (χ4n) is 3.09. The van der Waals surface area contributed by atoms with Gasteiger partial charge in [0.25, 0.3) is 5.69 Å². The van der Waals surface area contributed by atoms with Gasteiger partial charge in [-0.25, -0.2) is 4.79 Å². The normalized spacial score (nSPS) is 14.5. The van der Waals surface area contributed by atoms with Gasteiger partial charge in [-0.3, -0.25) is 15.0 Å². The summed E-state index contributed by atoms with van der Waals surface area (Å²) in [5, 5.41) is 13.5. The maximum absolute atomic E-state index is 12.4. The summed E-state index contributed by atoms with van der Waals surface area (Å²) in [6.07, 6.45) is 0. The van der Waals surface area contributed by atoms with Crippen LogP contribution in [0, 0.1) is 10.1 Å². The number of benzene rings is 2. The topological polar surface area (TPSA) is 88.0 Å². The second kappa shape index (κ2) is 9.18. The predicted octanol–water partition coefficient (Wildman–Crippen LogP) is 3.34. The molecule has 2 aromatic carbocycles. The molecule has 1 aliphatic rings. The first-order chi connectivity index (χ1) is 13.5. The molecule has 0 radical (unpaired) electrons. The molecular formula is C20H24N4O4. The van der Waals surface area contributed by atoms with E-state index in [1.54, 1.807) is 4.90 Å². The van der Waals surface area contributed by atoms with Crippen LogP contribution in [0.2, 0.25) is 0 Å². The molecule has 1 N–H and O–H groups in total. The van der Waals surface area contributed by atoms with Crippen LogP contribution in [-0.4, -0.2) is 53.5 Å². The number of anilines is 1. The van der Waals surface area contributed by atoms with Crippen molar-refractivity contribution in [2.75, 3.05) is 38.1 Å². The van der Waals surface area contributed by atoms with E-state index in [-0.39, 0.29) is 11.7 Å². The van der Waals surface area contributed by atoms with Gasteiger partial charge in [0.15, 0.2) is 0 Å². The highest BCUT2D eigenvalue weighted by Crippen LogP contribution is 2.17. The van der Waals surface area contributed by atoms with Gasteiger partial charge in [0.1, 0.15) is 5.75 Å². The van der Waals surface area contributed by atoms with Crippen LogP contribution >= 0.6 is 0 Å². The molecule has 148 valence electrons. The Morgan fingerprint density at radius 3 is 2.29 bits per heavy atom. The van der Waals surface area contributed by atoms with Crippen molar-refractivity contribution < 1.29 is 14.5 Å². The number of carbonyl (C=O) groups is 1. The fourth-order valence-corrected chi connectivity index (χ4v) is 3.09. The molecule has 0 bridgehead atoms. The number of nitrogens with zero attached hydrogens (tertiary/aromatic N) is 3. The maximum atomic E-state index is 12.4. The van der Waals surface area contributed by atoms with Crippen molar-refractivity contribution in [1.29, 1.82) is 0 Å². The SMILES string of the molecule is CCOc1ccc(CN2CCN(C(=O)Nc3ccc([N+](=O)[O-])cc3)CC2)cc1. The highest BCUT2D eigenvalue weighted by Gasteiger charge is 2.21. The summed E-state index contributed by atoms with van der Waals surface area (Å²) in [6.45, 7) is 6.31. The summed E-state index contributed by atoms with van der Waals surface area (Å²) in [6, 6.07) is 13.7. The first-order valence-electron chi connectivity index (χ1n) is 9.29. The third kappa shape index (κ3) is 5.20. The molecule has 0 aromatic heterocycles. The zero-order valence-electron chi connectivity index (χ0n) is 15.8. The molecular weight excluding hydrogens is 360 g/mol. The molecule has 2 amide bonds.